The van der Waals surface area contributed by atoms with E-state index in [1.54, 1.807) is 0 Å². The first-order valence-electron chi connectivity index (χ1n) is 7.80. The minimum Gasteiger partial charge on any atom is -0.399 e. The van der Waals surface area contributed by atoms with Crippen molar-refractivity contribution < 1.29 is 0 Å². The standard InChI is InChI=1S/C17H25N3/c1-4-17(8-5-9-17)11-20-15-7-6-13(18)10-14(15)19-16(20)12(2)3/h6-7,10,12H,4-5,8-9,11,18H2,1-3H3. The number of hydrogen-bond acceptors (Lipinski definition) is 2. The van der Waals surface area contributed by atoms with Crippen molar-refractivity contribution >= 4 is 16.7 Å². The molecule has 0 atom stereocenters. The van der Waals surface area contributed by atoms with E-state index in [0.717, 1.165) is 17.7 Å². The van der Waals surface area contributed by atoms with Gasteiger partial charge in [0.25, 0.3) is 0 Å². The number of benzene rings is 1. The third-order valence-electron chi connectivity index (χ3n) is 4.98. The molecule has 1 saturated carbocycles. The average molecular weight is 271 g/mol. The fraction of sp³-hybridized carbons (Fsp3) is 0.588. The van der Waals surface area contributed by atoms with E-state index < -0.39 is 0 Å². The highest BCUT2D eigenvalue weighted by atomic mass is 15.1. The van der Waals surface area contributed by atoms with E-state index in [1.807, 2.05) is 12.1 Å². The van der Waals surface area contributed by atoms with Crippen LogP contribution < -0.4 is 5.73 Å². The van der Waals surface area contributed by atoms with Crippen LogP contribution in [0, 0.1) is 5.41 Å². The first kappa shape index (κ1) is 13.5. The topological polar surface area (TPSA) is 43.8 Å². The van der Waals surface area contributed by atoms with E-state index in [9.17, 15) is 0 Å². The maximum atomic E-state index is 5.90. The molecule has 20 heavy (non-hydrogen) atoms. The third-order valence-corrected chi connectivity index (χ3v) is 4.98. The summed E-state index contributed by atoms with van der Waals surface area (Å²) in [6.07, 6.45) is 5.36. The second kappa shape index (κ2) is 4.80. The second-order valence-electron chi connectivity index (χ2n) is 6.67. The van der Waals surface area contributed by atoms with Crippen LogP contribution >= 0.6 is 0 Å². The molecular formula is C17H25N3. The molecule has 1 aliphatic carbocycles. The fourth-order valence-electron chi connectivity index (χ4n) is 3.41. The Morgan fingerprint density at radius 1 is 1.35 bits per heavy atom. The monoisotopic (exact) mass is 271 g/mol. The molecule has 0 amide bonds. The Kier molecular flexibility index (Phi) is 3.23. The Balaban J connectivity index is 2.09. The summed E-state index contributed by atoms with van der Waals surface area (Å²) in [5, 5.41) is 0. The molecule has 1 aliphatic rings. The molecule has 2 aromatic rings. The van der Waals surface area contributed by atoms with E-state index in [0.29, 0.717) is 11.3 Å². The molecule has 1 aromatic heterocycles. The van der Waals surface area contributed by atoms with Gasteiger partial charge in [-0.15, -0.1) is 0 Å². The predicted molar refractivity (Wildman–Crippen MR) is 84.8 cm³/mol. The van der Waals surface area contributed by atoms with Gasteiger partial charge in [-0.05, 0) is 42.9 Å². The number of nitrogens with two attached hydrogens (primary N) is 1. The lowest BCUT2D eigenvalue weighted by atomic mass is 9.67. The highest BCUT2D eigenvalue weighted by Gasteiger charge is 2.36. The summed E-state index contributed by atoms with van der Waals surface area (Å²) in [7, 11) is 0. The number of anilines is 1. The molecule has 0 aliphatic heterocycles. The minimum atomic E-state index is 0.442. The molecule has 3 heteroatoms. The van der Waals surface area contributed by atoms with Gasteiger partial charge in [-0.2, -0.15) is 0 Å². The molecule has 108 valence electrons. The van der Waals surface area contributed by atoms with E-state index >= 15 is 0 Å². The van der Waals surface area contributed by atoms with Crippen LogP contribution in [0.3, 0.4) is 0 Å². The number of imidazole rings is 1. The number of nitrogens with zero attached hydrogens (tertiary/aromatic N) is 2. The van der Waals surface area contributed by atoms with Gasteiger partial charge in [0, 0.05) is 18.2 Å². The highest BCUT2D eigenvalue weighted by Crippen LogP contribution is 2.46. The lowest BCUT2D eigenvalue weighted by molar-refractivity contribution is 0.100. The summed E-state index contributed by atoms with van der Waals surface area (Å²) in [5.41, 5.74) is 9.48. The molecule has 0 unspecified atom stereocenters. The zero-order chi connectivity index (χ0) is 14.3. The molecule has 1 fully saturated rings. The molecule has 1 heterocycles. The molecule has 3 rings (SSSR count). The second-order valence-corrected chi connectivity index (χ2v) is 6.67. The van der Waals surface area contributed by atoms with Crippen LogP contribution in [0.15, 0.2) is 18.2 Å². The van der Waals surface area contributed by atoms with Crippen molar-refractivity contribution in [1.82, 2.24) is 9.55 Å². The van der Waals surface area contributed by atoms with Crippen LogP contribution in [0.5, 0.6) is 0 Å². The number of rotatable bonds is 4. The Bertz CT molecular complexity index is 615. The smallest absolute Gasteiger partial charge is 0.112 e. The maximum absolute atomic E-state index is 5.90. The summed E-state index contributed by atoms with van der Waals surface area (Å²) >= 11 is 0. The molecular weight excluding hydrogens is 246 g/mol. The van der Waals surface area contributed by atoms with Crippen LogP contribution in [0.1, 0.15) is 58.2 Å². The van der Waals surface area contributed by atoms with Crippen molar-refractivity contribution in [3.05, 3.63) is 24.0 Å². The summed E-state index contributed by atoms with van der Waals surface area (Å²) < 4.78 is 2.45. The van der Waals surface area contributed by atoms with Gasteiger partial charge in [-0.3, -0.25) is 0 Å². The van der Waals surface area contributed by atoms with Gasteiger partial charge < -0.3 is 10.3 Å². The summed E-state index contributed by atoms with van der Waals surface area (Å²) in [6.45, 7) is 7.88. The van der Waals surface area contributed by atoms with E-state index in [4.69, 9.17) is 10.7 Å². The first-order valence-corrected chi connectivity index (χ1v) is 7.80. The van der Waals surface area contributed by atoms with Crippen LogP contribution in [-0.4, -0.2) is 9.55 Å². The zero-order valence-electron chi connectivity index (χ0n) is 12.8. The minimum absolute atomic E-state index is 0.442. The van der Waals surface area contributed by atoms with Gasteiger partial charge in [0.2, 0.25) is 0 Å². The summed E-state index contributed by atoms with van der Waals surface area (Å²) in [4.78, 5) is 4.83. The molecule has 1 aromatic carbocycles. The van der Waals surface area contributed by atoms with Crippen molar-refractivity contribution in [2.45, 2.75) is 58.9 Å². The summed E-state index contributed by atoms with van der Waals surface area (Å²) in [5.74, 6) is 1.64. The van der Waals surface area contributed by atoms with Crippen molar-refractivity contribution in [3.63, 3.8) is 0 Å². The van der Waals surface area contributed by atoms with Gasteiger partial charge in [-0.1, -0.05) is 27.2 Å². The zero-order valence-corrected chi connectivity index (χ0v) is 12.8. The van der Waals surface area contributed by atoms with E-state index in [1.165, 1.54) is 37.0 Å². The van der Waals surface area contributed by atoms with E-state index in [2.05, 4.69) is 31.4 Å². The molecule has 2 N–H and O–H groups in total. The fourth-order valence-corrected chi connectivity index (χ4v) is 3.41. The predicted octanol–water partition coefficient (Wildman–Crippen LogP) is 4.32. The van der Waals surface area contributed by atoms with Crippen LogP contribution in [0.4, 0.5) is 5.69 Å². The normalized spacial score (nSPS) is 17.6. The highest BCUT2D eigenvalue weighted by molar-refractivity contribution is 5.79. The van der Waals surface area contributed by atoms with Gasteiger partial charge in [-0.25, -0.2) is 4.98 Å². The van der Waals surface area contributed by atoms with Crippen LogP contribution in [0.25, 0.3) is 11.0 Å². The van der Waals surface area contributed by atoms with Gasteiger partial charge in [0.05, 0.1) is 11.0 Å². The molecule has 0 bridgehead atoms. The van der Waals surface area contributed by atoms with Gasteiger partial charge in [0.1, 0.15) is 5.82 Å². The first-order chi connectivity index (χ1) is 9.54. The maximum Gasteiger partial charge on any atom is 0.112 e. The lowest BCUT2D eigenvalue weighted by Gasteiger charge is -2.42. The van der Waals surface area contributed by atoms with Crippen LogP contribution in [0.2, 0.25) is 0 Å². The van der Waals surface area contributed by atoms with E-state index in [-0.39, 0.29) is 0 Å². The summed E-state index contributed by atoms with van der Waals surface area (Å²) in [6, 6.07) is 6.12. The molecule has 0 spiro atoms. The number of fused-ring (bicyclic) bond motifs is 1. The Hall–Kier alpha value is -1.51. The van der Waals surface area contributed by atoms with Crippen molar-refractivity contribution in [2.75, 3.05) is 5.73 Å². The Morgan fingerprint density at radius 3 is 2.65 bits per heavy atom. The third kappa shape index (κ3) is 2.09. The molecule has 3 nitrogen and oxygen atoms in total. The number of nitrogen functional groups attached to an aromatic ring is 1. The average Bonchev–Trinajstić information content (AvgIpc) is 2.71. The van der Waals surface area contributed by atoms with Crippen molar-refractivity contribution in [1.29, 1.82) is 0 Å². The Labute approximate surface area is 121 Å². The number of hydrogen-bond donors (Lipinski definition) is 1. The van der Waals surface area contributed by atoms with Crippen molar-refractivity contribution in [3.8, 4) is 0 Å². The van der Waals surface area contributed by atoms with Crippen molar-refractivity contribution in [2.24, 2.45) is 5.41 Å². The quantitative estimate of drug-likeness (QED) is 0.841. The molecule has 0 radical (unpaired) electrons. The Morgan fingerprint density at radius 2 is 2.10 bits per heavy atom. The van der Waals surface area contributed by atoms with Gasteiger partial charge >= 0.3 is 0 Å². The SMILES string of the molecule is CCC1(Cn2c(C(C)C)nc3cc(N)ccc32)CCC1. The van der Waals surface area contributed by atoms with Gasteiger partial charge in [0.15, 0.2) is 0 Å². The largest absolute Gasteiger partial charge is 0.399 e. The number of aromatic nitrogens is 2. The molecule has 0 saturated heterocycles. The lowest BCUT2D eigenvalue weighted by Crippen LogP contribution is -2.34. The van der Waals surface area contributed by atoms with Crippen LogP contribution in [-0.2, 0) is 6.54 Å².